The van der Waals surface area contributed by atoms with Gasteiger partial charge >= 0.3 is 0 Å². The number of pyridine rings is 2. The van der Waals surface area contributed by atoms with Gasteiger partial charge in [0.2, 0.25) is 5.91 Å². The van der Waals surface area contributed by atoms with Gasteiger partial charge in [0.15, 0.2) is 11.3 Å². The van der Waals surface area contributed by atoms with Crippen LogP contribution in [0.2, 0.25) is 0 Å². The van der Waals surface area contributed by atoms with E-state index in [0.717, 1.165) is 81.6 Å². The number of nitrogens with zero attached hydrogens (tertiary/aromatic N) is 8. The van der Waals surface area contributed by atoms with Crippen LogP contribution in [0.3, 0.4) is 0 Å². The number of amides is 2. The van der Waals surface area contributed by atoms with Crippen LogP contribution in [-0.2, 0) is 58.1 Å². The number of primary amides is 1. The lowest BCUT2D eigenvalue weighted by atomic mass is 10.0. The minimum absolute atomic E-state index is 0.169. The highest BCUT2D eigenvalue weighted by molar-refractivity contribution is 6.02. The summed E-state index contributed by atoms with van der Waals surface area (Å²) in [5.41, 5.74) is 13.2. The molecule has 3 aliphatic heterocycles. The van der Waals surface area contributed by atoms with Crippen LogP contribution in [0, 0.1) is 0 Å². The average molecular weight is 741 g/mol. The van der Waals surface area contributed by atoms with Gasteiger partial charge in [-0.05, 0) is 52.4 Å². The molecule has 0 aromatic carbocycles. The molecule has 5 N–H and O–H groups in total. The number of hydrogen-bond acceptors (Lipinski definition) is 12. The summed E-state index contributed by atoms with van der Waals surface area (Å²) in [6.07, 6.45) is 11.6. The lowest BCUT2D eigenvalue weighted by Crippen LogP contribution is -2.45. The Labute approximate surface area is 314 Å². The van der Waals surface area contributed by atoms with Gasteiger partial charge in [-0.1, -0.05) is 13.8 Å². The molecule has 2 fully saturated rings. The number of aliphatic imine (C=N–C) groups is 1. The van der Waals surface area contributed by atoms with Crippen LogP contribution in [-0.4, -0.2) is 97.0 Å². The van der Waals surface area contributed by atoms with E-state index in [9.17, 15) is 9.59 Å². The van der Waals surface area contributed by atoms with Crippen LogP contribution in [0.15, 0.2) is 29.3 Å². The van der Waals surface area contributed by atoms with Crippen LogP contribution in [0.5, 0.6) is 0 Å². The van der Waals surface area contributed by atoms with Gasteiger partial charge in [-0.2, -0.15) is 10.2 Å². The maximum Gasteiger partial charge on any atom is 0.271 e. The first-order chi connectivity index (χ1) is 26.3. The summed E-state index contributed by atoms with van der Waals surface area (Å²) in [7, 11) is 0. The van der Waals surface area contributed by atoms with Gasteiger partial charge < -0.3 is 36.1 Å². The zero-order valence-corrected chi connectivity index (χ0v) is 31.7. The Morgan fingerprint density at radius 3 is 1.81 bits per heavy atom. The Bertz CT molecular complexity index is 2060. The number of carbonyl (C=O) groups is 2. The molecule has 4 aromatic heterocycles. The Morgan fingerprint density at radius 2 is 1.31 bits per heavy atom. The van der Waals surface area contributed by atoms with Gasteiger partial charge in [-0.15, -0.1) is 0 Å². The van der Waals surface area contributed by atoms with E-state index in [-0.39, 0.29) is 36.8 Å². The largest absolute Gasteiger partial charge is 0.381 e. The number of aromatic nitrogens is 6. The highest BCUT2D eigenvalue weighted by Gasteiger charge is 2.30. The number of aryl methyl sites for hydroxylation is 4. The lowest BCUT2D eigenvalue weighted by molar-refractivity contribution is -0.121. The van der Waals surface area contributed by atoms with E-state index in [2.05, 4.69) is 45.0 Å². The molecule has 1 unspecified atom stereocenters. The Hall–Kier alpha value is -5.09. The molecule has 0 bridgehead atoms. The molecule has 2 amide bonds. The van der Waals surface area contributed by atoms with Gasteiger partial charge in [0.05, 0.1) is 34.5 Å². The molecule has 0 saturated carbocycles. The highest BCUT2D eigenvalue weighted by Crippen LogP contribution is 2.34. The van der Waals surface area contributed by atoms with E-state index in [1.807, 2.05) is 35.6 Å². The highest BCUT2D eigenvalue weighted by atomic mass is 16.5. The number of carbonyl (C=O) groups excluding carboxylic acids is 2. The van der Waals surface area contributed by atoms with Crippen molar-refractivity contribution in [3.63, 3.8) is 0 Å². The fraction of sp³-hybridized carbons (Fsp3) is 0.553. The Morgan fingerprint density at radius 1 is 0.796 bits per heavy atom. The van der Waals surface area contributed by atoms with Crippen LogP contribution < -0.4 is 21.7 Å². The summed E-state index contributed by atoms with van der Waals surface area (Å²) in [4.78, 5) is 43.1. The molecule has 0 aliphatic carbocycles. The minimum Gasteiger partial charge on any atom is -0.381 e. The van der Waals surface area contributed by atoms with Crippen molar-refractivity contribution < 1.29 is 19.1 Å². The number of fused-ring (bicyclic) bond motifs is 2. The molecule has 2 saturated heterocycles. The number of hydrogen-bond donors (Lipinski definition) is 4. The first-order valence-corrected chi connectivity index (χ1v) is 19.4. The van der Waals surface area contributed by atoms with E-state index in [0.29, 0.717) is 52.4 Å². The Kier molecular flexibility index (Phi) is 11.4. The van der Waals surface area contributed by atoms with E-state index >= 15 is 0 Å². The van der Waals surface area contributed by atoms with Crippen molar-refractivity contribution in [3.8, 4) is 0 Å². The molecule has 54 heavy (non-hydrogen) atoms. The molecular formula is C38H52N12O4. The second-order valence-corrected chi connectivity index (χ2v) is 14.0. The van der Waals surface area contributed by atoms with E-state index in [4.69, 9.17) is 25.2 Å². The van der Waals surface area contributed by atoms with Gasteiger partial charge in [-0.3, -0.25) is 14.6 Å². The summed E-state index contributed by atoms with van der Waals surface area (Å²) in [5.74, 6) is -0.945. The monoisotopic (exact) mass is 740 g/mol. The smallest absolute Gasteiger partial charge is 0.271 e. The summed E-state index contributed by atoms with van der Waals surface area (Å²) in [6.45, 7) is 12.9. The predicted octanol–water partition coefficient (Wildman–Crippen LogP) is 3.42. The van der Waals surface area contributed by atoms with E-state index < -0.39 is 11.9 Å². The maximum absolute atomic E-state index is 14.0. The summed E-state index contributed by atoms with van der Waals surface area (Å²) >= 11 is 0. The van der Waals surface area contributed by atoms with Crippen LogP contribution >= 0.6 is 0 Å². The fourth-order valence-corrected chi connectivity index (χ4v) is 7.63. The second kappa shape index (κ2) is 16.5. The minimum atomic E-state index is -0.861. The standard InChI is InChI=1S/C38H52N12O4/c1-5-29-25(33(44-23-9-13-53-14-10-23)26-18-42-49(7-3)36(26)46-29)17-41-38(52)31-22-48(32(20-40-31)35(39)51)21-28-30(6-2)47-37-27(19-43-50(37)8-4)34(28)45-24-11-15-54-16-12-24/h18-20,22-24,32H,5-17,21H2,1-4H3,(H2,39,51)(H,41,52)(H,44,46)(H,45,47). The van der Waals surface area contributed by atoms with Gasteiger partial charge in [0, 0.05) is 99.6 Å². The molecule has 288 valence electrons. The van der Waals surface area contributed by atoms with Crippen molar-refractivity contribution in [2.45, 2.75) is 111 Å². The van der Waals surface area contributed by atoms with Crippen molar-refractivity contribution in [1.29, 1.82) is 0 Å². The van der Waals surface area contributed by atoms with Crippen LogP contribution in [0.25, 0.3) is 22.1 Å². The van der Waals surface area contributed by atoms with Gasteiger partial charge in [-0.25, -0.2) is 19.3 Å². The summed E-state index contributed by atoms with van der Waals surface area (Å²) in [6, 6.07) is -0.435. The zero-order valence-electron chi connectivity index (χ0n) is 31.7. The zero-order chi connectivity index (χ0) is 37.8. The van der Waals surface area contributed by atoms with Crippen molar-refractivity contribution in [1.82, 2.24) is 39.7 Å². The Balaban J connectivity index is 1.20. The number of rotatable bonds is 14. The van der Waals surface area contributed by atoms with Crippen molar-refractivity contribution in [2.75, 3.05) is 37.1 Å². The molecule has 16 heteroatoms. The SMILES string of the molecule is CCc1nc2c(cnn2CC)c(NC2CCOCC2)c1CNC(=O)C1=CN(Cc2c(CC)nc3c(cnn3CC)c2NC2CCOCC2)C(C(N)=O)C=N1. The van der Waals surface area contributed by atoms with Crippen molar-refractivity contribution in [3.05, 3.63) is 46.8 Å². The van der Waals surface area contributed by atoms with Crippen LogP contribution in [0.4, 0.5) is 11.4 Å². The molecule has 7 heterocycles. The van der Waals surface area contributed by atoms with Gasteiger partial charge in [0.25, 0.3) is 5.91 Å². The van der Waals surface area contributed by atoms with Crippen LogP contribution in [0.1, 0.15) is 75.9 Å². The molecule has 16 nitrogen and oxygen atoms in total. The molecule has 1 atom stereocenters. The summed E-state index contributed by atoms with van der Waals surface area (Å²) in [5, 5.41) is 21.7. The number of ether oxygens (including phenoxy) is 2. The van der Waals surface area contributed by atoms with E-state index in [1.54, 1.807) is 11.1 Å². The van der Waals surface area contributed by atoms with E-state index in [1.165, 1.54) is 6.21 Å². The molecule has 0 spiro atoms. The number of nitrogens with one attached hydrogen (secondary N) is 3. The molecule has 3 aliphatic rings. The number of anilines is 2. The third kappa shape index (κ3) is 7.49. The third-order valence-corrected chi connectivity index (χ3v) is 10.6. The third-order valence-electron chi connectivity index (χ3n) is 10.6. The quantitative estimate of drug-likeness (QED) is 0.148. The topological polar surface area (TPSA) is 192 Å². The average Bonchev–Trinajstić information content (AvgIpc) is 3.82. The normalized spacial score (nSPS) is 18.3. The maximum atomic E-state index is 14.0. The van der Waals surface area contributed by atoms with Gasteiger partial charge in [0.1, 0.15) is 11.7 Å². The lowest BCUT2D eigenvalue weighted by Gasteiger charge is -2.32. The second-order valence-electron chi connectivity index (χ2n) is 14.0. The molecule has 4 aromatic rings. The fourth-order valence-electron chi connectivity index (χ4n) is 7.63. The van der Waals surface area contributed by atoms with Crippen molar-refractivity contribution in [2.24, 2.45) is 10.7 Å². The number of nitrogens with two attached hydrogens (primary N) is 1. The first-order valence-electron chi connectivity index (χ1n) is 19.4. The molecular weight excluding hydrogens is 688 g/mol. The predicted molar refractivity (Wildman–Crippen MR) is 207 cm³/mol. The van der Waals surface area contributed by atoms with Crippen molar-refractivity contribution >= 4 is 51.5 Å². The first kappa shape index (κ1) is 37.2. The molecule has 0 radical (unpaired) electrons. The molecule has 7 rings (SSSR count). The summed E-state index contributed by atoms with van der Waals surface area (Å²) < 4.78 is 15.1.